The van der Waals surface area contributed by atoms with Crippen LogP contribution in [0, 0.1) is 35.5 Å². The minimum absolute atomic E-state index is 0.323. The second-order valence-electron chi connectivity index (χ2n) is 9.32. The molecule has 0 radical (unpaired) electrons. The molecule has 2 aliphatic rings. The Morgan fingerprint density at radius 3 is 2.20 bits per heavy atom. The summed E-state index contributed by atoms with van der Waals surface area (Å²) in [5.41, 5.74) is -0.557. The van der Waals surface area contributed by atoms with Gasteiger partial charge >= 0.3 is 0 Å². The molecular formula is C23H40O2. The summed E-state index contributed by atoms with van der Waals surface area (Å²) in [5.74, 6) is 3.82. The Labute approximate surface area is 155 Å². The Kier molecular flexibility index (Phi) is 7.76. The van der Waals surface area contributed by atoms with E-state index in [9.17, 15) is 10.2 Å². The molecule has 6 atom stereocenters. The van der Waals surface area contributed by atoms with Crippen LogP contribution in [0.15, 0.2) is 24.3 Å². The highest BCUT2D eigenvalue weighted by atomic mass is 16.3. The minimum Gasteiger partial charge on any atom is -0.396 e. The van der Waals surface area contributed by atoms with Gasteiger partial charge in [0, 0.05) is 6.61 Å². The summed E-state index contributed by atoms with van der Waals surface area (Å²) in [4.78, 5) is 0. The first-order chi connectivity index (χ1) is 11.9. The average molecular weight is 349 g/mol. The number of hydrogen-bond donors (Lipinski definition) is 2. The van der Waals surface area contributed by atoms with Gasteiger partial charge in [-0.3, -0.25) is 0 Å². The Morgan fingerprint density at radius 1 is 0.960 bits per heavy atom. The SMILES string of the molecule is C/C=C/C1CC(C/C=C/C2CC(CC)CC2CC(C)(C)O)CC1CO. The van der Waals surface area contributed by atoms with Gasteiger partial charge in [-0.25, -0.2) is 0 Å². The van der Waals surface area contributed by atoms with Crippen molar-refractivity contribution in [3.8, 4) is 0 Å². The molecule has 2 N–H and O–H groups in total. The predicted octanol–water partition coefficient (Wildman–Crippen LogP) is 5.36. The fraction of sp³-hybridized carbons (Fsp3) is 0.826. The topological polar surface area (TPSA) is 40.5 Å². The van der Waals surface area contributed by atoms with Crippen LogP contribution in [0.3, 0.4) is 0 Å². The van der Waals surface area contributed by atoms with Crippen molar-refractivity contribution < 1.29 is 10.2 Å². The largest absolute Gasteiger partial charge is 0.396 e. The third-order valence-electron chi connectivity index (χ3n) is 6.56. The van der Waals surface area contributed by atoms with E-state index >= 15 is 0 Å². The number of aliphatic hydroxyl groups is 2. The van der Waals surface area contributed by atoms with Crippen molar-refractivity contribution in [2.24, 2.45) is 35.5 Å². The average Bonchev–Trinajstić information content (AvgIpc) is 3.10. The van der Waals surface area contributed by atoms with Gasteiger partial charge in [-0.1, -0.05) is 37.6 Å². The Bertz CT molecular complexity index is 445. The second kappa shape index (κ2) is 9.37. The highest BCUT2D eigenvalue weighted by molar-refractivity contribution is 5.01. The van der Waals surface area contributed by atoms with E-state index < -0.39 is 5.60 Å². The van der Waals surface area contributed by atoms with Crippen LogP contribution in [0.5, 0.6) is 0 Å². The maximum atomic E-state index is 10.2. The lowest BCUT2D eigenvalue weighted by atomic mass is 9.85. The molecule has 0 aromatic rings. The summed E-state index contributed by atoms with van der Waals surface area (Å²) in [6.45, 7) is 8.59. The molecule has 0 aromatic heterocycles. The molecular weight excluding hydrogens is 308 g/mol. The zero-order chi connectivity index (χ0) is 18.4. The number of hydrogen-bond acceptors (Lipinski definition) is 2. The van der Waals surface area contributed by atoms with Crippen LogP contribution in [0.25, 0.3) is 0 Å². The quantitative estimate of drug-likeness (QED) is 0.580. The molecule has 144 valence electrons. The van der Waals surface area contributed by atoms with Crippen molar-refractivity contribution in [3.63, 3.8) is 0 Å². The Hall–Kier alpha value is -0.600. The fourth-order valence-corrected chi connectivity index (χ4v) is 5.33. The summed E-state index contributed by atoms with van der Waals surface area (Å²) in [6, 6.07) is 0. The van der Waals surface area contributed by atoms with Crippen LogP contribution in [0.4, 0.5) is 0 Å². The highest BCUT2D eigenvalue weighted by Crippen LogP contribution is 2.43. The Balaban J connectivity index is 1.89. The van der Waals surface area contributed by atoms with Gasteiger partial charge in [-0.05, 0) is 94.8 Å². The van der Waals surface area contributed by atoms with E-state index in [4.69, 9.17) is 0 Å². The maximum absolute atomic E-state index is 10.2. The first-order valence-corrected chi connectivity index (χ1v) is 10.5. The van der Waals surface area contributed by atoms with Crippen molar-refractivity contribution in [2.75, 3.05) is 6.61 Å². The molecule has 6 unspecified atom stereocenters. The molecule has 0 spiro atoms. The summed E-state index contributed by atoms with van der Waals surface area (Å²) >= 11 is 0. The molecule has 0 aromatic carbocycles. The van der Waals surface area contributed by atoms with Crippen molar-refractivity contribution in [3.05, 3.63) is 24.3 Å². The molecule has 0 bridgehead atoms. The molecule has 2 aliphatic carbocycles. The lowest BCUT2D eigenvalue weighted by Crippen LogP contribution is -2.24. The van der Waals surface area contributed by atoms with E-state index in [0.29, 0.717) is 36.2 Å². The third kappa shape index (κ3) is 6.25. The van der Waals surface area contributed by atoms with Gasteiger partial charge in [-0.2, -0.15) is 0 Å². The molecule has 25 heavy (non-hydrogen) atoms. The van der Waals surface area contributed by atoms with Gasteiger partial charge in [0.1, 0.15) is 0 Å². The molecule has 2 saturated carbocycles. The lowest BCUT2D eigenvalue weighted by Gasteiger charge is -2.25. The predicted molar refractivity (Wildman–Crippen MR) is 106 cm³/mol. The number of allylic oxidation sites excluding steroid dienone is 4. The van der Waals surface area contributed by atoms with Crippen LogP contribution in [0.2, 0.25) is 0 Å². The molecule has 0 saturated heterocycles. The molecule has 2 heteroatoms. The summed E-state index contributed by atoms with van der Waals surface area (Å²) in [5, 5.41) is 19.8. The van der Waals surface area contributed by atoms with Crippen molar-refractivity contribution in [1.82, 2.24) is 0 Å². The fourth-order valence-electron chi connectivity index (χ4n) is 5.33. The van der Waals surface area contributed by atoms with Crippen molar-refractivity contribution in [1.29, 1.82) is 0 Å². The monoisotopic (exact) mass is 348 g/mol. The van der Waals surface area contributed by atoms with Gasteiger partial charge in [0.15, 0.2) is 0 Å². The smallest absolute Gasteiger partial charge is 0.0594 e. The second-order valence-corrected chi connectivity index (χ2v) is 9.32. The first kappa shape index (κ1) is 20.7. The first-order valence-electron chi connectivity index (χ1n) is 10.5. The molecule has 2 nitrogen and oxygen atoms in total. The standard InChI is InChI=1S/C23H40O2/c1-5-8-19-13-18(14-22(19)16-24)9-7-10-20-11-17(6-2)12-21(20)15-23(3,4)25/h5,7-8,10,17-22,24-25H,6,9,11-16H2,1-4H3/b8-5+,10-7+. The van der Waals surface area contributed by atoms with Crippen LogP contribution < -0.4 is 0 Å². The van der Waals surface area contributed by atoms with Gasteiger partial charge in [-0.15, -0.1) is 0 Å². The van der Waals surface area contributed by atoms with E-state index in [0.717, 1.165) is 25.2 Å². The van der Waals surface area contributed by atoms with Crippen LogP contribution in [-0.4, -0.2) is 22.4 Å². The summed E-state index contributed by atoms with van der Waals surface area (Å²) in [7, 11) is 0. The van der Waals surface area contributed by atoms with Gasteiger partial charge in [0.2, 0.25) is 0 Å². The summed E-state index contributed by atoms with van der Waals surface area (Å²) in [6.07, 6.45) is 17.6. The zero-order valence-corrected chi connectivity index (χ0v) is 16.8. The van der Waals surface area contributed by atoms with Crippen LogP contribution in [-0.2, 0) is 0 Å². The number of rotatable bonds is 8. The van der Waals surface area contributed by atoms with Crippen molar-refractivity contribution >= 4 is 0 Å². The Morgan fingerprint density at radius 2 is 1.60 bits per heavy atom. The minimum atomic E-state index is -0.557. The number of aliphatic hydroxyl groups excluding tert-OH is 1. The zero-order valence-electron chi connectivity index (χ0n) is 16.8. The summed E-state index contributed by atoms with van der Waals surface area (Å²) < 4.78 is 0. The third-order valence-corrected chi connectivity index (χ3v) is 6.56. The van der Waals surface area contributed by atoms with E-state index in [1.54, 1.807) is 0 Å². The van der Waals surface area contributed by atoms with Gasteiger partial charge < -0.3 is 10.2 Å². The van der Waals surface area contributed by atoms with E-state index in [-0.39, 0.29) is 0 Å². The van der Waals surface area contributed by atoms with E-state index in [2.05, 4.69) is 38.2 Å². The normalized spacial score (nSPS) is 36.9. The van der Waals surface area contributed by atoms with Crippen LogP contribution >= 0.6 is 0 Å². The molecule has 2 fully saturated rings. The van der Waals surface area contributed by atoms with Gasteiger partial charge in [0.05, 0.1) is 5.60 Å². The van der Waals surface area contributed by atoms with E-state index in [1.165, 1.54) is 25.7 Å². The highest BCUT2D eigenvalue weighted by Gasteiger charge is 2.35. The van der Waals surface area contributed by atoms with Crippen molar-refractivity contribution in [2.45, 2.75) is 78.2 Å². The molecule has 0 amide bonds. The maximum Gasteiger partial charge on any atom is 0.0594 e. The molecule has 0 heterocycles. The van der Waals surface area contributed by atoms with E-state index in [1.807, 2.05) is 13.8 Å². The van der Waals surface area contributed by atoms with Crippen LogP contribution in [0.1, 0.15) is 72.6 Å². The van der Waals surface area contributed by atoms with Gasteiger partial charge in [0.25, 0.3) is 0 Å². The molecule has 2 rings (SSSR count). The molecule has 0 aliphatic heterocycles. The lowest BCUT2D eigenvalue weighted by molar-refractivity contribution is 0.0484.